The van der Waals surface area contributed by atoms with E-state index in [0.717, 1.165) is 17.7 Å². The van der Waals surface area contributed by atoms with Crippen molar-refractivity contribution in [1.29, 1.82) is 0 Å². The van der Waals surface area contributed by atoms with Crippen LogP contribution in [0.3, 0.4) is 0 Å². The van der Waals surface area contributed by atoms with Gasteiger partial charge in [-0.3, -0.25) is 9.36 Å². The first-order chi connectivity index (χ1) is 14.1. The number of carbonyl (C=O) groups is 1. The van der Waals surface area contributed by atoms with E-state index < -0.39 is 0 Å². The summed E-state index contributed by atoms with van der Waals surface area (Å²) >= 11 is 1.56. The molecular formula is C20H22N4O4S. The number of carbonyl (C=O) groups excluding carboxylic acids is 1. The molecule has 0 spiro atoms. The Morgan fingerprint density at radius 3 is 2.72 bits per heavy atom. The van der Waals surface area contributed by atoms with Crippen molar-refractivity contribution < 1.29 is 14.3 Å². The van der Waals surface area contributed by atoms with Gasteiger partial charge in [0.2, 0.25) is 0 Å². The van der Waals surface area contributed by atoms with E-state index in [9.17, 15) is 9.59 Å². The number of hydrogen-bond acceptors (Lipinski definition) is 6. The predicted molar refractivity (Wildman–Crippen MR) is 110 cm³/mol. The Morgan fingerprint density at radius 2 is 2.07 bits per heavy atom. The highest BCUT2D eigenvalue weighted by Gasteiger charge is 2.30. The lowest BCUT2D eigenvalue weighted by Gasteiger charge is -2.12. The number of benzene rings is 1. The molecule has 152 valence electrons. The van der Waals surface area contributed by atoms with Gasteiger partial charge in [-0.1, -0.05) is 12.1 Å². The Morgan fingerprint density at radius 1 is 1.24 bits per heavy atom. The van der Waals surface area contributed by atoms with Crippen LogP contribution in [0.5, 0.6) is 11.5 Å². The van der Waals surface area contributed by atoms with E-state index in [0.29, 0.717) is 22.9 Å². The van der Waals surface area contributed by atoms with Crippen molar-refractivity contribution in [3.63, 3.8) is 0 Å². The number of amides is 1. The second-order valence-electron chi connectivity index (χ2n) is 6.70. The second kappa shape index (κ2) is 8.12. The number of nitrogens with one attached hydrogen (secondary N) is 1. The molecule has 3 aromatic rings. The number of hydrogen-bond donors (Lipinski definition) is 1. The van der Waals surface area contributed by atoms with Crippen LogP contribution in [-0.2, 0) is 6.54 Å². The van der Waals surface area contributed by atoms with Crippen LogP contribution in [0.25, 0.3) is 10.7 Å². The summed E-state index contributed by atoms with van der Waals surface area (Å²) in [6, 6.07) is 9.26. The average Bonchev–Trinajstić information content (AvgIpc) is 3.31. The molecular weight excluding hydrogens is 392 g/mol. The van der Waals surface area contributed by atoms with Gasteiger partial charge in [-0.15, -0.1) is 16.4 Å². The highest BCUT2D eigenvalue weighted by atomic mass is 32.1. The Kier molecular flexibility index (Phi) is 5.39. The van der Waals surface area contributed by atoms with Gasteiger partial charge in [0.1, 0.15) is 0 Å². The number of rotatable bonds is 8. The lowest BCUT2D eigenvalue weighted by Crippen LogP contribution is -2.32. The highest BCUT2D eigenvalue weighted by molar-refractivity contribution is 7.13. The quantitative estimate of drug-likeness (QED) is 0.612. The predicted octanol–water partition coefficient (Wildman–Crippen LogP) is 2.56. The number of aromatic nitrogens is 3. The number of methoxy groups -OCH3 is 2. The first kappa shape index (κ1) is 19.3. The maximum atomic E-state index is 12.8. The van der Waals surface area contributed by atoms with E-state index in [1.807, 2.05) is 17.5 Å². The standard InChI is InChI=1S/C20H22N4O4S/c1-27-15-6-3-5-14(17(15)28-2)19(25)21-10-11-23-20(26)24(13-8-9-13)18(22-23)16-7-4-12-29-16/h3-7,12-13H,8-11H2,1-2H3,(H,21,25). The normalized spacial score (nSPS) is 13.3. The summed E-state index contributed by atoms with van der Waals surface area (Å²) < 4.78 is 13.7. The lowest BCUT2D eigenvalue weighted by atomic mass is 10.1. The molecule has 2 heterocycles. The summed E-state index contributed by atoms with van der Waals surface area (Å²) in [5, 5.41) is 9.32. The smallest absolute Gasteiger partial charge is 0.346 e. The number of para-hydroxylation sites is 1. The van der Waals surface area contributed by atoms with Gasteiger partial charge in [-0.25, -0.2) is 9.48 Å². The molecule has 0 aliphatic heterocycles. The molecule has 1 aliphatic carbocycles. The van der Waals surface area contributed by atoms with Crippen molar-refractivity contribution in [3.8, 4) is 22.2 Å². The molecule has 1 aliphatic rings. The fraction of sp³-hybridized carbons (Fsp3) is 0.350. The molecule has 1 aromatic carbocycles. The second-order valence-corrected chi connectivity index (χ2v) is 7.65. The van der Waals surface area contributed by atoms with Gasteiger partial charge < -0.3 is 14.8 Å². The number of thiophene rings is 1. The van der Waals surface area contributed by atoms with Gasteiger partial charge in [-0.05, 0) is 36.4 Å². The van der Waals surface area contributed by atoms with Crippen LogP contribution >= 0.6 is 11.3 Å². The SMILES string of the molecule is COc1cccc(C(=O)NCCn2nc(-c3cccs3)n(C3CC3)c2=O)c1OC. The van der Waals surface area contributed by atoms with E-state index in [-0.39, 0.29) is 30.7 Å². The minimum absolute atomic E-state index is 0.135. The number of ether oxygens (including phenoxy) is 2. The summed E-state index contributed by atoms with van der Waals surface area (Å²) in [5.74, 6) is 1.27. The average molecular weight is 414 g/mol. The molecule has 0 saturated heterocycles. The van der Waals surface area contributed by atoms with Crippen molar-refractivity contribution in [1.82, 2.24) is 19.7 Å². The molecule has 29 heavy (non-hydrogen) atoms. The van der Waals surface area contributed by atoms with Gasteiger partial charge in [0.15, 0.2) is 17.3 Å². The fourth-order valence-electron chi connectivity index (χ4n) is 3.24. The summed E-state index contributed by atoms with van der Waals surface area (Å²) in [7, 11) is 3.01. The Bertz CT molecular complexity index is 1070. The molecule has 1 saturated carbocycles. The molecule has 4 rings (SSSR count). The third-order valence-corrected chi connectivity index (χ3v) is 5.65. The van der Waals surface area contributed by atoms with Crippen molar-refractivity contribution >= 4 is 17.2 Å². The molecule has 1 fully saturated rings. The third-order valence-electron chi connectivity index (χ3n) is 4.78. The van der Waals surface area contributed by atoms with Crippen LogP contribution in [0.1, 0.15) is 29.2 Å². The zero-order chi connectivity index (χ0) is 20.4. The summed E-state index contributed by atoms with van der Waals surface area (Å²) in [4.78, 5) is 26.4. The zero-order valence-electron chi connectivity index (χ0n) is 16.3. The van der Waals surface area contributed by atoms with Gasteiger partial charge in [-0.2, -0.15) is 0 Å². The van der Waals surface area contributed by atoms with E-state index in [1.54, 1.807) is 34.1 Å². The van der Waals surface area contributed by atoms with Crippen LogP contribution in [0.4, 0.5) is 0 Å². The summed E-state index contributed by atoms with van der Waals surface area (Å²) in [5.41, 5.74) is 0.242. The van der Waals surface area contributed by atoms with E-state index >= 15 is 0 Å². The molecule has 2 aromatic heterocycles. The molecule has 0 radical (unpaired) electrons. The van der Waals surface area contributed by atoms with Crippen molar-refractivity contribution in [2.75, 3.05) is 20.8 Å². The Labute approximate surface area is 171 Å². The van der Waals surface area contributed by atoms with Crippen LogP contribution in [-0.4, -0.2) is 41.0 Å². The van der Waals surface area contributed by atoms with Gasteiger partial charge in [0.25, 0.3) is 5.91 Å². The van der Waals surface area contributed by atoms with Crippen LogP contribution in [0, 0.1) is 0 Å². The maximum absolute atomic E-state index is 12.8. The summed E-state index contributed by atoms with van der Waals surface area (Å²) in [6.45, 7) is 0.555. The zero-order valence-corrected chi connectivity index (χ0v) is 17.1. The van der Waals surface area contributed by atoms with E-state index in [4.69, 9.17) is 9.47 Å². The van der Waals surface area contributed by atoms with Crippen molar-refractivity contribution in [2.24, 2.45) is 0 Å². The molecule has 0 bridgehead atoms. The maximum Gasteiger partial charge on any atom is 0.346 e. The van der Waals surface area contributed by atoms with E-state index in [1.165, 1.54) is 18.9 Å². The first-order valence-electron chi connectivity index (χ1n) is 9.36. The largest absolute Gasteiger partial charge is 0.493 e. The highest BCUT2D eigenvalue weighted by Crippen LogP contribution is 2.37. The minimum atomic E-state index is -0.297. The van der Waals surface area contributed by atoms with Gasteiger partial charge >= 0.3 is 5.69 Å². The van der Waals surface area contributed by atoms with Gasteiger partial charge in [0.05, 0.1) is 31.2 Å². The molecule has 0 atom stereocenters. The van der Waals surface area contributed by atoms with Crippen molar-refractivity contribution in [3.05, 3.63) is 51.8 Å². The van der Waals surface area contributed by atoms with Gasteiger partial charge in [0, 0.05) is 12.6 Å². The summed E-state index contributed by atoms with van der Waals surface area (Å²) in [6.07, 6.45) is 1.99. The first-order valence-corrected chi connectivity index (χ1v) is 10.2. The molecule has 1 N–H and O–H groups in total. The third kappa shape index (κ3) is 3.77. The number of nitrogens with zero attached hydrogens (tertiary/aromatic N) is 3. The molecule has 1 amide bonds. The fourth-order valence-corrected chi connectivity index (χ4v) is 3.94. The molecule has 0 unspecified atom stereocenters. The minimum Gasteiger partial charge on any atom is -0.493 e. The van der Waals surface area contributed by atoms with E-state index in [2.05, 4.69) is 10.4 Å². The van der Waals surface area contributed by atoms with Crippen LogP contribution in [0.15, 0.2) is 40.5 Å². The van der Waals surface area contributed by atoms with Crippen molar-refractivity contribution in [2.45, 2.75) is 25.4 Å². The Balaban J connectivity index is 1.49. The van der Waals surface area contributed by atoms with Crippen LogP contribution in [0.2, 0.25) is 0 Å². The molecule has 8 nitrogen and oxygen atoms in total. The lowest BCUT2D eigenvalue weighted by molar-refractivity contribution is 0.0948. The molecule has 9 heteroatoms. The Hall–Kier alpha value is -3.07. The topological polar surface area (TPSA) is 87.4 Å². The monoisotopic (exact) mass is 414 g/mol. The van der Waals surface area contributed by atoms with Crippen LogP contribution < -0.4 is 20.5 Å².